The van der Waals surface area contributed by atoms with Gasteiger partial charge in [-0.05, 0) is 17.1 Å². The topological polar surface area (TPSA) is 20.2 Å². The Morgan fingerprint density at radius 3 is 1.50 bits per heavy atom. The van der Waals surface area contributed by atoms with Gasteiger partial charge in [0.25, 0.3) is 0 Å². The van der Waals surface area contributed by atoms with Crippen molar-refractivity contribution in [2.24, 2.45) is 0 Å². The first kappa shape index (κ1) is 12.6. The maximum Gasteiger partial charge on any atom is 0.194 e. The van der Waals surface area contributed by atoms with Crippen LogP contribution in [0.3, 0.4) is 0 Å². The molecule has 0 saturated heterocycles. The second-order valence-electron chi connectivity index (χ2n) is 6.01. The summed E-state index contributed by atoms with van der Waals surface area (Å²) in [7, 11) is -1.92. The van der Waals surface area contributed by atoms with Crippen LogP contribution < -0.4 is 0 Å². The van der Waals surface area contributed by atoms with Gasteiger partial charge in [0, 0.05) is 0 Å². The van der Waals surface area contributed by atoms with E-state index in [9.17, 15) is 4.80 Å². The standard InChI is InChI=1S/C14H28OSi/c1-2-16(15,13-9-5-3-6-10-13)14-11-7-4-8-12-14/h13-15H,2-12H2,1H3. The van der Waals surface area contributed by atoms with Crippen molar-refractivity contribution in [2.75, 3.05) is 0 Å². The molecule has 0 aromatic rings. The molecule has 0 bridgehead atoms. The molecule has 94 valence electrons. The van der Waals surface area contributed by atoms with Crippen LogP contribution in [0.25, 0.3) is 0 Å². The molecule has 1 N–H and O–H groups in total. The summed E-state index contributed by atoms with van der Waals surface area (Å²) in [6.07, 6.45) is 13.7. The summed E-state index contributed by atoms with van der Waals surface area (Å²) in [6.45, 7) is 2.26. The molecule has 0 unspecified atom stereocenters. The van der Waals surface area contributed by atoms with Gasteiger partial charge >= 0.3 is 0 Å². The van der Waals surface area contributed by atoms with E-state index in [1.165, 1.54) is 64.2 Å². The van der Waals surface area contributed by atoms with Crippen LogP contribution in [-0.4, -0.2) is 13.1 Å². The van der Waals surface area contributed by atoms with Crippen molar-refractivity contribution in [3.05, 3.63) is 0 Å². The van der Waals surface area contributed by atoms with E-state index in [1.807, 2.05) is 0 Å². The van der Waals surface area contributed by atoms with Crippen LogP contribution in [0.2, 0.25) is 17.1 Å². The van der Waals surface area contributed by atoms with Crippen LogP contribution in [0, 0.1) is 0 Å². The third-order valence-corrected chi connectivity index (χ3v) is 10.3. The first-order chi connectivity index (χ1) is 7.77. The Balaban J connectivity index is 2.03. The van der Waals surface area contributed by atoms with E-state index in [2.05, 4.69) is 6.92 Å². The molecule has 2 saturated carbocycles. The van der Waals surface area contributed by atoms with Crippen molar-refractivity contribution in [1.29, 1.82) is 0 Å². The molecule has 1 nitrogen and oxygen atoms in total. The molecule has 0 heterocycles. The van der Waals surface area contributed by atoms with Crippen LogP contribution in [-0.2, 0) is 0 Å². The summed E-state index contributed by atoms with van der Waals surface area (Å²) in [6, 6.07) is 1.11. The Labute approximate surface area is 102 Å². The smallest absolute Gasteiger partial charge is 0.194 e. The van der Waals surface area contributed by atoms with Gasteiger partial charge in [0.2, 0.25) is 0 Å². The van der Waals surface area contributed by atoms with Crippen molar-refractivity contribution in [1.82, 2.24) is 0 Å². The molecular formula is C14H28OSi. The molecule has 0 amide bonds. The summed E-state index contributed by atoms with van der Waals surface area (Å²) in [5, 5.41) is 0. The van der Waals surface area contributed by atoms with Crippen LogP contribution >= 0.6 is 0 Å². The molecule has 0 spiro atoms. The van der Waals surface area contributed by atoms with Gasteiger partial charge in [0.15, 0.2) is 8.32 Å². The minimum atomic E-state index is -1.92. The third kappa shape index (κ3) is 2.53. The van der Waals surface area contributed by atoms with Gasteiger partial charge in [0.05, 0.1) is 0 Å². The highest BCUT2D eigenvalue weighted by Gasteiger charge is 2.45. The Morgan fingerprint density at radius 2 is 1.19 bits per heavy atom. The fraction of sp³-hybridized carbons (Fsp3) is 1.00. The van der Waals surface area contributed by atoms with E-state index in [4.69, 9.17) is 0 Å². The predicted molar refractivity (Wildman–Crippen MR) is 72.1 cm³/mol. The summed E-state index contributed by atoms with van der Waals surface area (Å²) in [4.78, 5) is 11.2. The van der Waals surface area contributed by atoms with Gasteiger partial charge in [-0.25, -0.2) is 0 Å². The van der Waals surface area contributed by atoms with Crippen LogP contribution in [0.15, 0.2) is 0 Å². The predicted octanol–water partition coefficient (Wildman–Crippen LogP) is 4.61. The highest BCUT2D eigenvalue weighted by atomic mass is 28.4. The zero-order chi connectivity index (χ0) is 11.4. The zero-order valence-electron chi connectivity index (χ0n) is 10.9. The first-order valence-corrected chi connectivity index (χ1v) is 9.80. The lowest BCUT2D eigenvalue weighted by atomic mass is 9.99. The highest BCUT2D eigenvalue weighted by Crippen LogP contribution is 2.48. The minimum Gasteiger partial charge on any atom is -0.431 e. The summed E-state index contributed by atoms with van der Waals surface area (Å²) >= 11 is 0. The Kier molecular flexibility index (Phi) is 4.48. The lowest BCUT2D eigenvalue weighted by Gasteiger charge is -2.42. The lowest BCUT2D eigenvalue weighted by Crippen LogP contribution is -2.46. The van der Waals surface area contributed by atoms with E-state index in [0.717, 1.165) is 17.1 Å². The second-order valence-corrected chi connectivity index (χ2v) is 10.3. The van der Waals surface area contributed by atoms with Crippen molar-refractivity contribution in [3.63, 3.8) is 0 Å². The first-order valence-electron chi connectivity index (χ1n) is 7.49. The molecule has 16 heavy (non-hydrogen) atoms. The van der Waals surface area contributed by atoms with Crippen molar-refractivity contribution < 1.29 is 4.80 Å². The van der Waals surface area contributed by atoms with Gasteiger partial charge in [-0.2, -0.15) is 0 Å². The monoisotopic (exact) mass is 240 g/mol. The Bertz CT molecular complexity index is 187. The summed E-state index contributed by atoms with van der Waals surface area (Å²) < 4.78 is 0. The highest BCUT2D eigenvalue weighted by molar-refractivity contribution is 6.75. The lowest BCUT2D eigenvalue weighted by molar-refractivity contribution is 0.375. The maximum atomic E-state index is 11.2. The fourth-order valence-corrected chi connectivity index (χ4v) is 8.75. The molecule has 0 aromatic carbocycles. The average Bonchev–Trinajstić information content (AvgIpc) is 2.40. The number of hydrogen-bond acceptors (Lipinski definition) is 1. The maximum absolute atomic E-state index is 11.2. The molecule has 0 atom stereocenters. The summed E-state index contributed by atoms with van der Waals surface area (Å²) in [5.41, 5.74) is 1.49. The SMILES string of the molecule is CC[Si](O)(C1CCCCC1)C1CCCCC1. The normalized spacial score (nSPS) is 25.9. The fourth-order valence-electron chi connectivity index (χ4n) is 4.12. The minimum absolute atomic E-state index is 0.745. The van der Waals surface area contributed by atoms with Gasteiger partial charge in [-0.3, -0.25) is 0 Å². The largest absolute Gasteiger partial charge is 0.431 e. The van der Waals surface area contributed by atoms with Crippen LogP contribution in [0.1, 0.15) is 71.1 Å². The van der Waals surface area contributed by atoms with E-state index in [-0.39, 0.29) is 0 Å². The molecule has 2 fully saturated rings. The molecule has 2 aliphatic rings. The van der Waals surface area contributed by atoms with E-state index < -0.39 is 8.32 Å². The van der Waals surface area contributed by atoms with Crippen molar-refractivity contribution in [2.45, 2.75) is 88.3 Å². The van der Waals surface area contributed by atoms with Crippen LogP contribution in [0.5, 0.6) is 0 Å². The molecule has 0 radical (unpaired) electrons. The molecular weight excluding hydrogens is 212 g/mol. The zero-order valence-corrected chi connectivity index (χ0v) is 11.9. The molecule has 0 aliphatic heterocycles. The summed E-state index contributed by atoms with van der Waals surface area (Å²) in [5.74, 6) is 0. The van der Waals surface area contributed by atoms with Crippen LogP contribution in [0.4, 0.5) is 0 Å². The van der Waals surface area contributed by atoms with Gasteiger partial charge in [-0.1, -0.05) is 71.1 Å². The van der Waals surface area contributed by atoms with E-state index in [0.29, 0.717) is 0 Å². The van der Waals surface area contributed by atoms with Gasteiger partial charge < -0.3 is 4.80 Å². The van der Waals surface area contributed by atoms with Gasteiger partial charge in [-0.15, -0.1) is 0 Å². The molecule has 2 aliphatic carbocycles. The van der Waals surface area contributed by atoms with Gasteiger partial charge in [0.1, 0.15) is 0 Å². The Hall–Kier alpha value is 0.177. The molecule has 2 heteroatoms. The van der Waals surface area contributed by atoms with E-state index in [1.54, 1.807) is 0 Å². The molecule has 2 rings (SSSR count). The van der Waals surface area contributed by atoms with E-state index >= 15 is 0 Å². The quantitative estimate of drug-likeness (QED) is 0.714. The van der Waals surface area contributed by atoms with Crippen molar-refractivity contribution in [3.8, 4) is 0 Å². The average molecular weight is 240 g/mol. The second kappa shape index (κ2) is 5.68. The third-order valence-electron chi connectivity index (χ3n) is 5.19. The number of rotatable bonds is 3. The number of hydrogen-bond donors (Lipinski definition) is 1. The molecule has 0 aromatic heterocycles. The Morgan fingerprint density at radius 1 is 0.812 bits per heavy atom. The van der Waals surface area contributed by atoms with Crippen molar-refractivity contribution >= 4 is 8.32 Å².